The van der Waals surface area contributed by atoms with E-state index in [1.54, 1.807) is 24.3 Å². The topological polar surface area (TPSA) is 57.7 Å². The lowest BCUT2D eigenvalue weighted by molar-refractivity contribution is -0.137. The highest BCUT2D eigenvalue weighted by atomic mass is 19.4. The van der Waals surface area contributed by atoms with Gasteiger partial charge >= 0.3 is 6.18 Å². The molecule has 1 saturated carbocycles. The molecule has 0 spiro atoms. The summed E-state index contributed by atoms with van der Waals surface area (Å²) < 4.78 is 40.6. The zero-order valence-electron chi connectivity index (χ0n) is 19.0. The second kappa shape index (κ2) is 8.55. The molecule has 2 heterocycles. The van der Waals surface area contributed by atoms with Crippen molar-refractivity contribution in [3.05, 3.63) is 71.0 Å². The van der Waals surface area contributed by atoms with Crippen molar-refractivity contribution in [2.45, 2.75) is 37.3 Å². The third-order valence-electron chi connectivity index (χ3n) is 7.37. The molecule has 0 amide bonds. The zero-order valence-corrected chi connectivity index (χ0v) is 19.0. The van der Waals surface area contributed by atoms with Crippen molar-refractivity contribution in [3.63, 3.8) is 0 Å². The number of rotatable bonds is 7. The van der Waals surface area contributed by atoms with Crippen LogP contribution in [0, 0.1) is 17.2 Å². The molecule has 3 aromatic rings. The zero-order chi connectivity index (χ0) is 23.9. The molecule has 1 aliphatic heterocycles. The standard InChI is InChI=1S/C26H26F3N5/c1-33-23(31-32-24(33)19-7-5-18(15-30)6-8-19)4-2-3-13-34-16-22-14-25(22,17-34)20-9-11-21(12-10-20)26(27,28)29/h5-12,22H,2-4,13-14,16-17H2,1H3. The number of fused-ring (bicyclic) bond motifs is 1. The van der Waals surface area contributed by atoms with Crippen LogP contribution in [-0.4, -0.2) is 39.3 Å². The highest BCUT2D eigenvalue weighted by Gasteiger charge is 2.60. The predicted molar refractivity (Wildman–Crippen MR) is 122 cm³/mol. The molecule has 2 aromatic carbocycles. The Morgan fingerprint density at radius 1 is 1.06 bits per heavy atom. The average Bonchev–Trinajstić information content (AvgIpc) is 3.21. The van der Waals surface area contributed by atoms with Crippen molar-refractivity contribution in [1.29, 1.82) is 5.26 Å². The van der Waals surface area contributed by atoms with Crippen molar-refractivity contribution >= 4 is 0 Å². The van der Waals surface area contributed by atoms with Crippen molar-refractivity contribution in [2.24, 2.45) is 13.0 Å². The van der Waals surface area contributed by atoms with Gasteiger partial charge in [0.1, 0.15) is 5.82 Å². The first-order chi connectivity index (χ1) is 16.3. The molecule has 176 valence electrons. The molecule has 2 unspecified atom stereocenters. The van der Waals surface area contributed by atoms with Gasteiger partial charge in [-0.2, -0.15) is 18.4 Å². The monoisotopic (exact) mass is 465 g/mol. The Kier molecular flexibility index (Phi) is 5.68. The normalized spacial score (nSPS) is 21.9. The molecule has 1 aliphatic carbocycles. The summed E-state index contributed by atoms with van der Waals surface area (Å²) in [5.74, 6) is 2.28. The first kappa shape index (κ1) is 22.6. The van der Waals surface area contributed by atoms with E-state index in [1.807, 2.05) is 23.7 Å². The lowest BCUT2D eigenvalue weighted by Gasteiger charge is -2.21. The Bertz CT molecular complexity index is 1210. The van der Waals surface area contributed by atoms with Crippen LogP contribution in [-0.2, 0) is 25.1 Å². The van der Waals surface area contributed by atoms with Gasteiger partial charge in [0.2, 0.25) is 0 Å². The summed E-state index contributed by atoms with van der Waals surface area (Å²) in [6.07, 6.45) is -0.345. The fraction of sp³-hybridized carbons (Fsp3) is 0.423. The van der Waals surface area contributed by atoms with Crippen molar-refractivity contribution in [2.75, 3.05) is 19.6 Å². The predicted octanol–water partition coefficient (Wildman–Crippen LogP) is 4.97. The molecule has 2 fully saturated rings. The first-order valence-electron chi connectivity index (χ1n) is 11.6. The maximum absolute atomic E-state index is 12.9. The van der Waals surface area contributed by atoms with Gasteiger partial charge in [-0.25, -0.2) is 0 Å². The highest BCUT2D eigenvalue weighted by molar-refractivity contribution is 5.56. The molecule has 2 aliphatic rings. The fourth-order valence-corrected chi connectivity index (χ4v) is 5.34. The van der Waals surface area contributed by atoms with Gasteiger partial charge in [-0.3, -0.25) is 0 Å². The summed E-state index contributed by atoms with van der Waals surface area (Å²) in [4.78, 5) is 2.45. The Morgan fingerprint density at radius 3 is 2.47 bits per heavy atom. The van der Waals surface area contributed by atoms with E-state index in [4.69, 9.17) is 5.26 Å². The van der Waals surface area contributed by atoms with Crippen molar-refractivity contribution < 1.29 is 13.2 Å². The van der Waals surface area contributed by atoms with E-state index in [0.717, 1.165) is 68.1 Å². The average molecular weight is 466 g/mol. The van der Waals surface area contributed by atoms with Gasteiger partial charge in [0, 0.05) is 37.5 Å². The van der Waals surface area contributed by atoms with Crippen LogP contribution in [0.1, 0.15) is 41.8 Å². The van der Waals surface area contributed by atoms with Crippen molar-refractivity contribution in [3.8, 4) is 17.5 Å². The van der Waals surface area contributed by atoms with Crippen LogP contribution in [0.4, 0.5) is 13.2 Å². The Balaban J connectivity index is 1.12. The number of unbranched alkanes of at least 4 members (excludes halogenated alkanes) is 1. The minimum absolute atomic E-state index is 0.0454. The summed E-state index contributed by atoms with van der Waals surface area (Å²) in [6.45, 7) is 2.93. The number of benzene rings is 2. The fourth-order valence-electron chi connectivity index (χ4n) is 5.34. The summed E-state index contributed by atoms with van der Waals surface area (Å²) in [6, 6.07) is 15.2. The summed E-state index contributed by atoms with van der Waals surface area (Å²) in [5, 5.41) is 17.6. The second-order valence-electron chi connectivity index (χ2n) is 9.51. The molecule has 1 saturated heterocycles. The SMILES string of the molecule is Cn1c(CCCCN2CC3CC3(c3ccc(C(F)(F)F)cc3)C2)nnc1-c1ccc(C#N)cc1. The van der Waals surface area contributed by atoms with Crippen molar-refractivity contribution in [1.82, 2.24) is 19.7 Å². The van der Waals surface area contributed by atoms with Crippen LogP contribution >= 0.6 is 0 Å². The molecule has 34 heavy (non-hydrogen) atoms. The molecule has 0 N–H and O–H groups in total. The van der Waals surface area contributed by atoms with Gasteiger partial charge in [0.15, 0.2) is 5.82 Å². The number of halogens is 3. The van der Waals surface area contributed by atoms with E-state index in [1.165, 1.54) is 12.1 Å². The van der Waals surface area contributed by atoms with E-state index in [2.05, 4.69) is 21.2 Å². The van der Waals surface area contributed by atoms with Crippen LogP contribution in [0.3, 0.4) is 0 Å². The maximum atomic E-state index is 12.9. The molecule has 5 nitrogen and oxygen atoms in total. The van der Waals surface area contributed by atoms with Gasteiger partial charge in [-0.05, 0) is 73.7 Å². The Hall–Kier alpha value is -3.18. The summed E-state index contributed by atoms with van der Waals surface area (Å²) in [7, 11) is 1.96. The highest BCUT2D eigenvalue weighted by Crippen LogP contribution is 2.59. The third-order valence-corrected chi connectivity index (χ3v) is 7.37. The number of likely N-dealkylation sites (tertiary alicyclic amines) is 1. The number of aromatic nitrogens is 3. The van der Waals surface area contributed by atoms with Gasteiger partial charge < -0.3 is 9.47 Å². The molecular formula is C26H26F3N5. The quantitative estimate of drug-likeness (QED) is 0.463. The van der Waals surface area contributed by atoms with Gasteiger partial charge in [-0.15, -0.1) is 10.2 Å². The van der Waals surface area contributed by atoms with Crippen LogP contribution < -0.4 is 0 Å². The van der Waals surface area contributed by atoms with Gasteiger partial charge in [0.25, 0.3) is 0 Å². The molecular weight excluding hydrogens is 439 g/mol. The van der Waals surface area contributed by atoms with Crippen LogP contribution in [0.5, 0.6) is 0 Å². The van der Waals surface area contributed by atoms with Crippen LogP contribution in [0.15, 0.2) is 48.5 Å². The molecule has 8 heteroatoms. The van der Waals surface area contributed by atoms with E-state index in [-0.39, 0.29) is 5.41 Å². The molecule has 0 radical (unpaired) electrons. The van der Waals surface area contributed by atoms with Crippen LogP contribution in [0.2, 0.25) is 0 Å². The molecule has 5 rings (SSSR count). The number of nitriles is 1. The minimum Gasteiger partial charge on any atom is -0.314 e. The third kappa shape index (κ3) is 4.21. The van der Waals surface area contributed by atoms with Crippen LogP contribution in [0.25, 0.3) is 11.4 Å². The Morgan fingerprint density at radius 2 is 1.79 bits per heavy atom. The molecule has 0 bridgehead atoms. The number of aryl methyl sites for hydroxylation is 1. The van der Waals surface area contributed by atoms with E-state index in [0.29, 0.717) is 11.5 Å². The second-order valence-corrected chi connectivity index (χ2v) is 9.51. The number of nitrogens with zero attached hydrogens (tertiary/aromatic N) is 5. The van der Waals surface area contributed by atoms with E-state index < -0.39 is 11.7 Å². The Labute approximate surface area is 196 Å². The maximum Gasteiger partial charge on any atom is 0.416 e. The van der Waals surface area contributed by atoms with Gasteiger partial charge in [0.05, 0.1) is 17.2 Å². The van der Waals surface area contributed by atoms with Gasteiger partial charge in [-0.1, -0.05) is 12.1 Å². The van der Waals surface area contributed by atoms with E-state index in [9.17, 15) is 13.2 Å². The smallest absolute Gasteiger partial charge is 0.314 e. The first-order valence-corrected chi connectivity index (χ1v) is 11.6. The summed E-state index contributed by atoms with van der Waals surface area (Å²) >= 11 is 0. The molecule has 2 atom stereocenters. The largest absolute Gasteiger partial charge is 0.416 e. The lowest BCUT2D eigenvalue weighted by Crippen LogP contribution is -2.27. The lowest BCUT2D eigenvalue weighted by atomic mass is 9.94. The minimum atomic E-state index is -4.29. The number of alkyl halides is 3. The number of hydrogen-bond donors (Lipinski definition) is 0. The number of piperidine rings is 1. The number of hydrogen-bond acceptors (Lipinski definition) is 4. The summed E-state index contributed by atoms with van der Waals surface area (Å²) in [5.41, 5.74) is 2.06. The molecule has 1 aromatic heterocycles. The van der Waals surface area contributed by atoms with E-state index >= 15 is 0 Å².